The molecule has 0 saturated heterocycles. The van der Waals surface area contributed by atoms with Crippen molar-refractivity contribution in [2.75, 3.05) is 19.7 Å². The van der Waals surface area contributed by atoms with Crippen molar-refractivity contribution in [1.82, 2.24) is 9.80 Å². The van der Waals surface area contributed by atoms with Gasteiger partial charge in [0.25, 0.3) is 5.91 Å². The lowest BCUT2D eigenvalue weighted by atomic mass is 9.93. The summed E-state index contributed by atoms with van der Waals surface area (Å²) in [6, 6.07) is 16.1. The van der Waals surface area contributed by atoms with Gasteiger partial charge in [-0.2, -0.15) is 0 Å². The fraction of sp³-hybridized carbons (Fsp3) is 0.308. The quantitative estimate of drug-likeness (QED) is 0.396. The Labute approximate surface area is 213 Å². The Balaban J connectivity index is 1.55. The third-order valence-electron chi connectivity index (χ3n) is 5.90. The van der Waals surface area contributed by atoms with Crippen LogP contribution in [0.4, 0.5) is 0 Å². The van der Waals surface area contributed by atoms with Crippen molar-refractivity contribution in [3.63, 3.8) is 0 Å². The van der Waals surface area contributed by atoms with Crippen LogP contribution < -0.4 is 4.74 Å². The van der Waals surface area contributed by atoms with E-state index in [0.717, 1.165) is 17.5 Å². The Morgan fingerprint density at radius 3 is 2.59 bits per heavy atom. The van der Waals surface area contributed by atoms with Crippen LogP contribution in [0.1, 0.15) is 35.9 Å². The number of amides is 2. The zero-order valence-electron chi connectivity index (χ0n) is 19.0. The van der Waals surface area contributed by atoms with Crippen LogP contribution in [-0.4, -0.2) is 47.4 Å². The van der Waals surface area contributed by atoms with Crippen LogP contribution in [0.25, 0.3) is 0 Å². The minimum Gasteiger partial charge on any atom is -0.484 e. The number of fused-ring (bicyclic) bond motifs is 1. The molecule has 1 aromatic heterocycles. The molecule has 5 nitrogen and oxygen atoms in total. The van der Waals surface area contributed by atoms with E-state index in [4.69, 9.17) is 27.9 Å². The van der Waals surface area contributed by atoms with Crippen LogP contribution in [-0.2, 0) is 16.0 Å². The molecule has 0 spiro atoms. The van der Waals surface area contributed by atoms with Crippen molar-refractivity contribution in [2.45, 2.75) is 32.4 Å². The van der Waals surface area contributed by atoms with Gasteiger partial charge in [-0.15, -0.1) is 11.3 Å². The maximum Gasteiger partial charge on any atom is 0.261 e. The summed E-state index contributed by atoms with van der Waals surface area (Å²) in [6.07, 6.45) is 0.771. The maximum atomic E-state index is 13.6. The molecule has 8 heteroatoms. The number of thiophene rings is 1. The number of rotatable bonds is 7. The number of benzene rings is 2. The van der Waals surface area contributed by atoms with Crippen LogP contribution >= 0.6 is 34.5 Å². The van der Waals surface area contributed by atoms with Gasteiger partial charge in [-0.25, -0.2) is 0 Å². The number of hydrogen-bond donors (Lipinski definition) is 0. The van der Waals surface area contributed by atoms with Crippen molar-refractivity contribution >= 4 is 46.4 Å². The molecular formula is C26H26Cl2N2O3S. The van der Waals surface area contributed by atoms with Crippen LogP contribution in [0, 0.1) is 0 Å². The first-order valence-corrected chi connectivity index (χ1v) is 12.8. The van der Waals surface area contributed by atoms with Crippen molar-refractivity contribution in [2.24, 2.45) is 0 Å². The Morgan fingerprint density at radius 2 is 1.88 bits per heavy atom. The fourth-order valence-electron chi connectivity index (χ4n) is 4.18. The summed E-state index contributed by atoms with van der Waals surface area (Å²) in [5.74, 6) is 0.250. The standard InChI is InChI=1S/C26H26Cl2N2O3S/c1-17(2)30(25(32)16-33-19-6-4-3-5-7-19)15-24(31)29-12-10-23-21(11-13-34-23)26(29)20-9-8-18(27)14-22(20)28/h3-9,11,13-14,17,26H,10,12,15-16H2,1-2H3. The summed E-state index contributed by atoms with van der Waals surface area (Å²) < 4.78 is 5.63. The van der Waals surface area contributed by atoms with Crippen LogP contribution in [0.15, 0.2) is 60.0 Å². The number of ether oxygens (including phenoxy) is 1. The van der Waals surface area contributed by atoms with Gasteiger partial charge < -0.3 is 14.5 Å². The summed E-state index contributed by atoms with van der Waals surface area (Å²) >= 11 is 14.4. The molecule has 0 radical (unpaired) electrons. The number of carbonyl (C=O) groups is 2. The molecule has 0 N–H and O–H groups in total. The zero-order chi connectivity index (χ0) is 24.2. The van der Waals surface area contributed by atoms with Gasteiger partial charge in [0.2, 0.25) is 5.91 Å². The minimum atomic E-state index is -0.322. The average molecular weight is 517 g/mol. The van der Waals surface area contributed by atoms with Crippen molar-refractivity contribution in [1.29, 1.82) is 0 Å². The van der Waals surface area contributed by atoms with E-state index in [2.05, 4.69) is 0 Å². The Morgan fingerprint density at radius 1 is 1.12 bits per heavy atom. The monoisotopic (exact) mass is 516 g/mol. The number of halogens is 2. The van der Waals surface area contributed by atoms with Gasteiger partial charge in [0.15, 0.2) is 6.61 Å². The van der Waals surface area contributed by atoms with Gasteiger partial charge in [0.1, 0.15) is 12.3 Å². The summed E-state index contributed by atoms with van der Waals surface area (Å²) in [7, 11) is 0. The third-order valence-corrected chi connectivity index (χ3v) is 7.46. The molecule has 0 saturated carbocycles. The first-order valence-electron chi connectivity index (χ1n) is 11.1. The van der Waals surface area contributed by atoms with Gasteiger partial charge in [-0.05, 0) is 67.1 Å². The topological polar surface area (TPSA) is 49.9 Å². The Kier molecular flexibility index (Phi) is 7.81. The molecule has 1 aliphatic rings. The van der Waals surface area contributed by atoms with Gasteiger partial charge in [-0.3, -0.25) is 9.59 Å². The number of hydrogen-bond acceptors (Lipinski definition) is 4. The first-order chi connectivity index (χ1) is 16.3. The second-order valence-corrected chi connectivity index (χ2v) is 10.3. The molecular weight excluding hydrogens is 491 g/mol. The smallest absolute Gasteiger partial charge is 0.261 e. The number of nitrogens with zero attached hydrogens (tertiary/aromatic N) is 2. The van der Waals surface area contributed by atoms with E-state index in [1.54, 1.807) is 40.5 Å². The molecule has 1 unspecified atom stereocenters. The molecule has 4 rings (SSSR count). The van der Waals surface area contributed by atoms with Crippen LogP contribution in [0.3, 0.4) is 0 Å². The first kappa shape index (κ1) is 24.6. The average Bonchev–Trinajstić information content (AvgIpc) is 3.30. The van der Waals surface area contributed by atoms with E-state index in [-0.39, 0.29) is 37.0 Å². The highest BCUT2D eigenvalue weighted by molar-refractivity contribution is 7.10. The largest absolute Gasteiger partial charge is 0.484 e. The maximum absolute atomic E-state index is 13.6. The lowest BCUT2D eigenvalue weighted by Crippen LogP contribution is -2.49. The van der Waals surface area contributed by atoms with E-state index in [1.165, 1.54) is 4.88 Å². The molecule has 2 aromatic carbocycles. The van der Waals surface area contributed by atoms with Gasteiger partial charge >= 0.3 is 0 Å². The summed E-state index contributed by atoms with van der Waals surface area (Å²) in [5.41, 5.74) is 1.90. The second kappa shape index (κ2) is 10.8. The van der Waals surface area contributed by atoms with E-state index >= 15 is 0 Å². The summed E-state index contributed by atoms with van der Waals surface area (Å²) in [5, 5.41) is 3.10. The fourth-order valence-corrected chi connectivity index (χ4v) is 5.60. The van der Waals surface area contributed by atoms with Gasteiger partial charge in [0.05, 0.1) is 6.04 Å². The highest BCUT2D eigenvalue weighted by atomic mass is 35.5. The van der Waals surface area contributed by atoms with E-state index in [0.29, 0.717) is 22.3 Å². The van der Waals surface area contributed by atoms with E-state index in [1.807, 2.05) is 54.5 Å². The number of para-hydroxylation sites is 1. The molecule has 0 aliphatic carbocycles. The summed E-state index contributed by atoms with van der Waals surface area (Å²) in [4.78, 5) is 31.2. The minimum absolute atomic E-state index is 0.0319. The lowest BCUT2D eigenvalue weighted by Gasteiger charge is -2.38. The van der Waals surface area contributed by atoms with Gasteiger partial charge in [-0.1, -0.05) is 47.5 Å². The highest BCUT2D eigenvalue weighted by Crippen LogP contribution is 2.41. The van der Waals surface area contributed by atoms with Crippen LogP contribution in [0.2, 0.25) is 10.0 Å². The molecule has 2 heterocycles. The zero-order valence-corrected chi connectivity index (χ0v) is 21.4. The molecule has 3 aromatic rings. The van der Waals surface area contributed by atoms with Gasteiger partial charge in [0, 0.05) is 27.5 Å². The highest BCUT2D eigenvalue weighted by Gasteiger charge is 2.35. The van der Waals surface area contributed by atoms with E-state index in [9.17, 15) is 9.59 Å². The van der Waals surface area contributed by atoms with E-state index < -0.39 is 0 Å². The third kappa shape index (κ3) is 5.40. The second-order valence-electron chi connectivity index (χ2n) is 8.42. The molecule has 1 atom stereocenters. The summed E-state index contributed by atoms with van der Waals surface area (Å²) in [6.45, 7) is 4.19. The van der Waals surface area contributed by atoms with Crippen molar-refractivity contribution in [3.8, 4) is 5.75 Å². The van der Waals surface area contributed by atoms with Crippen LogP contribution in [0.5, 0.6) is 5.75 Å². The Hall–Kier alpha value is -2.54. The lowest BCUT2D eigenvalue weighted by molar-refractivity contribution is -0.144. The molecule has 178 valence electrons. The molecule has 2 amide bonds. The van der Waals surface area contributed by atoms with Crippen molar-refractivity contribution in [3.05, 3.63) is 86.0 Å². The molecule has 0 bridgehead atoms. The molecule has 0 fully saturated rings. The number of carbonyl (C=O) groups excluding carboxylic acids is 2. The SMILES string of the molecule is CC(C)N(CC(=O)N1CCc2sccc2C1c1ccc(Cl)cc1Cl)C(=O)COc1ccccc1. The van der Waals surface area contributed by atoms with Crippen molar-refractivity contribution < 1.29 is 14.3 Å². The molecule has 1 aliphatic heterocycles. The molecule has 34 heavy (non-hydrogen) atoms. The predicted octanol–water partition coefficient (Wildman–Crippen LogP) is 5.85. The normalized spacial score (nSPS) is 15.2. The Bertz CT molecular complexity index is 1170. The predicted molar refractivity (Wildman–Crippen MR) is 137 cm³/mol.